The summed E-state index contributed by atoms with van der Waals surface area (Å²) < 4.78 is 6.53. The molecule has 0 aliphatic heterocycles. The number of fused-ring (bicyclic) bond motifs is 10. The zero-order valence-corrected chi connectivity index (χ0v) is 28.4. The van der Waals surface area contributed by atoms with Gasteiger partial charge in [0.25, 0.3) is 0 Å². The molecule has 0 saturated heterocycles. The summed E-state index contributed by atoms with van der Waals surface area (Å²) in [6.45, 7) is 0. The lowest BCUT2D eigenvalue weighted by molar-refractivity contribution is 0.602. The first-order valence-electron chi connectivity index (χ1n) is 18.1. The van der Waals surface area contributed by atoms with Crippen LogP contribution in [0, 0.1) is 5.92 Å². The second-order valence-corrected chi connectivity index (χ2v) is 14.2. The molecule has 1 aromatic heterocycles. The number of allylic oxidation sites excluding steroid dienone is 5. The van der Waals surface area contributed by atoms with Gasteiger partial charge in [-0.15, -0.1) is 0 Å². The number of benzene rings is 7. The van der Waals surface area contributed by atoms with Gasteiger partial charge in [0.2, 0.25) is 5.89 Å². The summed E-state index contributed by atoms with van der Waals surface area (Å²) in [7, 11) is 0. The Morgan fingerprint density at radius 2 is 1.31 bits per heavy atom. The predicted octanol–water partition coefficient (Wildman–Crippen LogP) is 12.4. The molecule has 0 N–H and O–H groups in total. The Morgan fingerprint density at radius 3 is 2.10 bits per heavy atom. The molecule has 2 heteroatoms. The molecule has 0 amide bonds. The molecule has 1 heterocycles. The van der Waals surface area contributed by atoms with E-state index >= 15 is 0 Å². The normalized spacial score (nSPS) is 17.7. The fraction of sp³-hybridized carbons (Fsp3) is 0.0600. The van der Waals surface area contributed by atoms with E-state index in [0.29, 0.717) is 5.89 Å². The predicted molar refractivity (Wildman–Crippen MR) is 213 cm³/mol. The smallest absolute Gasteiger partial charge is 0.227 e. The number of aromatic nitrogens is 1. The molecule has 0 fully saturated rings. The van der Waals surface area contributed by atoms with Crippen molar-refractivity contribution < 1.29 is 4.42 Å². The Morgan fingerprint density at radius 1 is 0.577 bits per heavy atom. The van der Waals surface area contributed by atoms with Crippen molar-refractivity contribution in [3.63, 3.8) is 0 Å². The second-order valence-electron chi connectivity index (χ2n) is 14.2. The van der Waals surface area contributed by atoms with Crippen molar-refractivity contribution in [1.82, 2.24) is 4.98 Å². The summed E-state index contributed by atoms with van der Waals surface area (Å²) in [5.41, 5.74) is 15.0. The maximum atomic E-state index is 6.53. The standard InChI is InChI=1S/C50H33NO/c1-4-13-34(14-5-1)49-51-45-29-25-33-20-21-37-30-35(22-26-41(37)46(33)48(45)52-49)36-23-27-42-44(31-36)50(38-15-6-2-7-16-38,39-17-8-3-9-18-39)43-28-24-32-12-10-11-19-40(32)47(42)43/h1-31,37,41H. The maximum absolute atomic E-state index is 6.53. The zero-order valence-electron chi connectivity index (χ0n) is 28.4. The third-order valence-electron chi connectivity index (χ3n) is 11.5. The van der Waals surface area contributed by atoms with E-state index < -0.39 is 5.41 Å². The van der Waals surface area contributed by atoms with Gasteiger partial charge in [-0.3, -0.25) is 0 Å². The number of oxazole rings is 1. The van der Waals surface area contributed by atoms with Crippen molar-refractivity contribution in [3.05, 3.63) is 221 Å². The minimum atomic E-state index is -0.466. The first-order valence-corrected chi connectivity index (χ1v) is 18.1. The average Bonchev–Trinajstić information content (AvgIpc) is 3.79. The monoisotopic (exact) mass is 663 g/mol. The zero-order chi connectivity index (χ0) is 34.2. The molecule has 8 aromatic rings. The Kier molecular flexibility index (Phi) is 6.33. The molecule has 2 nitrogen and oxygen atoms in total. The fourth-order valence-electron chi connectivity index (χ4n) is 9.23. The van der Waals surface area contributed by atoms with Crippen molar-refractivity contribution in [2.45, 2.75) is 11.3 Å². The minimum absolute atomic E-state index is 0.168. The number of hydrogen-bond acceptors (Lipinski definition) is 2. The minimum Gasteiger partial charge on any atom is -0.436 e. The van der Waals surface area contributed by atoms with E-state index in [1.165, 1.54) is 66.4 Å². The summed E-state index contributed by atoms with van der Waals surface area (Å²) in [5.74, 6) is 1.03. The highest BCUT2D eigenvalue weighted by Crippen LogP contribution is 2.58. The van der Waals surface area contributed by atoms with Crippen LogP contribution in [-0.2, 0) is 5.41 Å². The first kappa shape index (κ1) is 29.2. The van der Waals surface area contributed by atoms with Crippen LogP contribution in [0.15, 0.2) is 186 Å². The lowest BCUT2D eigenvalue weighted by atomic mass is 9.67. The Hall–Kier alpha value is -6.51. The van der Waals surface area contributed by atoms with Crippen LogP contribution in [0.3, 0.4) is 0 Å². The van der Waals surface area contributed by atoms with Gasteiger partial charge in [0.05, 0.1) is 5.41 Å². The molecular weight excluding hydrogens is 631 g/mol. The number of rotatable bonds is 4. The van der Waals surface area contributed by atoms with Crippen molar-refractivity contribution in [2.24, 2.45) is 5.92 Å². The van der Waals surface area contributed by atoms with E-state index in [0.717, 1.165) is 16.7 Å². The van der Waals surface area contributed by atoms with Gasteiger partial charge in [-0.25, -0.2) is 4.98 Å². The molecule has 0 saturated carbocycles. The highest BCUT2D eigenvalue weighted by Gasteiger charge is 2.47. The van der Waals surface area contributed by atoms with Crippen molar-refractivity contribution >= 4 is 33.5 Å². The van der Waals surface area contributed by atoms with Gasteiger partial charge in [-0.2, -0.15) is 0 Å². The number of hydrogen-bond donors (Lipinski definition) is 0. The van der Waals surface area contributed by atoms with E-state index in [4.69, 9.17) is 9.40 Å². The summed E-state index contributed by atoms with van der Waals surface area (Å²) in [5, 5.41) is 2.56. The highest BCUT2D eigenvalue weighted by molar-refractivity contribution is 6.04. The van der Waals surface area contributed by atoms with E-state index in [-0.39, 0.29) is 11.8 Å². The molecule has 11 rings (SSSR count). The summed E-state index contributed by atoms with van der Waals surface area (Å²) in [6, 6.07) is 57.3. The summed E-state index contributed by atoms with van der Waals surface area (Å²) >= 11 is 0. The van der Waals surface area contributed by atoms with Gasteiger partial charge in [-0.05, 0) is 85.1 Å². The Balaban J connectivity index is 1.07. The van der Waals surface area contributed by atoms with Crippen LogP contribution < -0.4 is 0 Å². The molecule has 2 unspecified atom stereocenters. The highest BCUT2D eigenvalue weighted by atomic mass is 16.3. The third-order valence-corrected chi connectivity index (χ3v) is 11.5. The van der Waals surface area contributed by atoms with Gasteiger partial charge < -0.3 is 4.42 Å². The van der Waals surface area contributed by atoms with Gasteiger partial charge in [0.15, 0.2) is 5.58 Å². The van der Waals surface area contributed by atoms with Crippen LogP contribution in [0.4, 0.5) is 0 Å². The Bertz CT molecular complexity index is 2750. The van der Waals surface area contributed by atoms with Crippen LogP contribution in [0.1, 0.15) is 44.9 Å². The van der Waals surface area contributed by atoms with Crippen molar-refractivity contribution in [3.8, 4) is 22.6 Å². The van der Waals surface area contributed by atoms with Crippen LogP contribution >= 0.6 is 0 Å². The molecule has 2 atom stereocenters. The van der Waals surface area contributed by atoms with E-state index in [1.54, 1.807) is 0 Å². The largest absolute Gasteiger partial charge is 0.436 e. The topological polar surface area (TPSA) is 26.0 Å². The van der Waals surface area contributed by atoms with Crippen molar-refractivity contribution in [1.29, 1.82) is 0 Å². The molecule has 0 radical (unpaired) electrons. The average molecular weight is 664 g/mol. The molecule has 3 aliphatic carbocycles. The van der Waals surface area contributed by atoms with E-state index in [2.05, 4.69) is 170 Å². The molecule has 244 valence electrons. The van der Waals surface area contributed by atoms with Crippen LogP contribution in [0.25, 0.3) is 56.1 Å². The molecule has 0 spiro atoms. The molecule has 7 aromatic carbocycles. The van der Waals surface area contributed by atoms with Gasteiger partial charge >= 0.3 is 0 Å². The number of nitrogens with zero attached hydrogens (tertiary/aromatic N) is 1. The van der Waals surface area contributed by atoms with Crippen molar-refractivity contribution in [2.75, 3.05) is 0 Å². The lowest BCUT2D eigenvalue weighted by Gasteiger charge is -2.34. The molecule has 52 heavy (non-hydrogen) atoms. The van der Waals surface area contributed by atoms with Gasteiger partial charge in [0.1, 0.15) is 5.52 Å². The molecular formula is C50H33NO. The summed E-state index contributed by atoms with van der Waals surface area (Å²) in [4.78, 5) is 4.89. The third kappa shape index (κ3) is 4.15. The maximum Gasteiger partial charge on any atom is 0.227 e. The van der Waals surface area contributed by atoms with Crippen LogP contribution in [0.2, 0.25) is 0 Å². The SMILES string of the molecule is C1=CC2c3c(ccc4nc(-c5ccccc5)oc34)C=CC2C=C1c1ccc2c(c1)C(c1ccccc1)(c1ccccc1)c1ccc3ccccc3c1-2. The lowest BCUT2D eigenvalue weighted by Crippen LogP contribution is -2.28. The van der Waals surface area contributed by atoms with E-state index in [1.807, 2.05) is 18.2 Å². The quantitative estimate of drug-likeness (QED) is 0.187. The molecule has 0 bridgehead atoms. The first-order chi connectivity index (χ1) is 25.8. The second kappa shape index (κ2) is 11.2. The molecule has 3 aliphatic rings. The van der Waals surface area contributed by atoms with Gasteiger partial charge in [0, 0.05) is 23.0 Å². The fourth-order valence-corrected chi connectivity index (χ4v) is 9.23. The van der Waals surface area contributed by atoms with E-state index in [9.17, 15) is 0 Å². The van der Waals surface area contributed by atoms with Gasteiger partial charge in [-0.1, -0.05) is 164 Å². The summed E-state index contributed by atoms with van der Waals surface area (Å²) in [6.07, 6.45) is 11.8. The Labute approximate surface area is 302 Å². The van der Waals surface area contributed by atoms with Crippen LogP contribution in [-0.4, -0.2) is 4.98 Å². The van der Waals surface area contributed by atoms with Crippen LogP contribution in [0.5, 0.6) is 0 Å².